The first-order valence-electron chi connectivity index (χ1n) is 6.72. The molecule has 0 bridgehead atoms. The van der Waals surface area contributed by atoms with Crippen LogP contribution in [-0.2, 0) is 16.1 Å². The molecule has 1 atom stereocenters. The van der Waals surface area contributed by atoms with Gasteiger partial charge in [-0.15, -0.1) is 11.3 Å². The summed E-state index contributed by atoms with van der Waals surface area (Å²) in [6.45, 7) is 5.77. The summed E-state index contributed by atoms with van der Waals surface area (Å²) in [7, 11) is 0. The Morgan fingerprint density at radius 1 is 1.60 bits per heavy atom. The van der Waals surface area contributed by atoms with Crippen molar-refractivity contribution in [3.05, 3.63) is 28.0 Å². The highest BCUT2D eigenvalue weighted by Gasteiger charge is 2.31. The average molecular weight is 293 g/mol. The highest BCUT2D eigenvalue weighted by atomic mass is 32.1. The van der Waals surface area contributed by atoms with Crippen LogP contribution in [-0.4, -0.2) is 28.4 Å². The predicted octanol–water partition coefficient (Wildman–Crippen LogP) is 2.85. The maximum atomic E-state index is 12.0. The molecule has 108 valence electrons. The first-order valence-corrected chi connectivity index (χ1v) is 7.60. The van der Waals surface area contributed by atoms with Crippen molar-refractivity contribution in [2.75, 3.05) is 6.54 Å². The largest absolute Gasteiger partial charge is 0.478 e. The molecule has 1 unspecified atom stereocenters. The van der Waals surface area contributed by atoms with Crippen molar-refractivity contribution < 1.29 is 14.7 Å². The van der Waals surface area contributed by atoms with E-state index in [0.29, 0.717) is 24.8 Å². The fourth-order valence-electron chi connectivity index (χ4n) is 2.33. The lowest BCUT2D eigenvalue weighted by molar-refractivity contribution is -0.131. The third-order valence-corrected chi connectivity index (χ3v) is 4.57. The summed E-state index contributed by atoms with van der Waals surface area (Å²) in [6.07, 6.45) is 3.35. The predicted molar refractivity (Wildman–Crippen MR) is 79.4 cm³/mol. The Kier molecular flexibility index (Phi) is 4.60. The molecular formula is C15H19NO3S. The average Bonchev–Trinajstić information content (AvgIpc) is 2.95. The number of nitrogens with zero attached hydrogens (tertiary/aromatic N) is 1. The van der Waals surface area contributed by atoms with Crippen LogP contribution >= 0.6 is 11.3 Å². The Morgan fingerprint density at radius 2 is 2.35 bits per heavy atom. The van der Waals surface area contributed by atoms with E-state index in [0.717, 1.165) is 23.1 Å². The lowest BCUT2D eigenvalue weighted by atomic mass is 9.95. The number of likely N-dealkylation sites (tertiary alicyclic amines) is 1. The number of thiophene rings is 1. The van der Waals surface area contributed by atoms with E-state index in [-0.39, 0.29) is 5.91 Å². The number of carboxylic acid groups (broad SMARTS) is 1. The van der Waals surface area contributed by atoms with Gasteiger partial charge < -0.3 is 10.0 Å². The number of carbonyl (C=O) groups is 2. The van der Waals surface area contributed by atoms with Gasteiger partial charge in [-0.2, -0.15) is 0 Å². The van der Waals surface area contributed by atoms with Gasteiger partial charge in [-0.3, -0.25) is 4.79 Å². The fraction of sp³-hybridized carbons (Fsp3) is 0.467. The molecule has 1 aliphatic heterocycles. The zero-order chi connectivity index (χ0) is 14.7. The van der Waals surface area contributed by atoms with Crippen molar-refractivity contribution in [3.8, 4) is 0 Å². The molecule has 2 heterocycles. The minimum Gasteiger partial charge on any atom is -0.478 e. The van der Waals surface area contributed by atoms with Crippen LogP contribution in [0.2, 0.25) is 0 Å². The van der Waals surface area contributed by atoms with Crippen LogP contribution in [0.15, 0.2) is 17.5 Å². The number of carboxylic acids is 1. The topological polar surface area (TPSA) is 57.6 Å². The first kappa shape index (κ1) is 14.8. The second kappa shape index (κ2) is 6.22. The Bertz CT molecular complexity index is 533. The summed E-state index contributed by atoms with van der Waals surface area (Å²) in [5, 5.41) is 10.5. The first-order chi connectivity index (χ1) is 9.45. The van der Waals surface area contributed by atoms with Gasteiger partial charge in [-0.05, 0) is 34.9 Å². The molecule has 0 saturated carbocycles. The van der Waals surface area contributed by atoms with Gasteiger partial charge in [0.1, 0.15) is 0 Å². The molecule has 1 aromatic heterocycles. The van der Waals surface area contributed by atoms with Crippen molar-refractivity contribution in [2.45, 2.75) is 26.8 Å². The van der Waals surface area contributed by atoms with Gasteiger partial charge >= 0.3 is 5.97 Å². The number of rotatable bonds is 5. The number of carbonyl (C=O) groups excluding carboxylic acids is 1. The molecule has 1 N–H and O–H groups in total. The second-order valence-corrected chi connectivity index (χ2v) is 6.50. The van der Waals surface area contributed by atoms with Crippen molar-refractivity contribution in [1.82, 2.24) is 4.90 Å². The van der Waals surface area contributed by atoms with E-state index in [4.69, 9.17) is 5.11 Å². The zero-order valence-corrected chi connectivity index (χ0v) is 12.5. The minimum atomic E-state index is -0.952. The van der Waals surface area contributed by atoms with Crippen LogP contribution in [0.4, 0.5) is 0 Å². The number of aliphatic carboxylic acids is 1. The van der Waals surface area contributed by atoms with Crippen molar-refractivity contribution >= 4 is 29.3 Å². The molecular weight excluding hydrogens is 274 g/mol. The van der Waals surface area contributed by atoms with E-state index in [9.17, 15) is 9.59 Å². The molecule has 0 radical (unpaired) electrons. The number of hydrogen-bond donors (Lipinski definition) is 1. The van der Waals surface area contributed by atoms with Crippen molar-refractivity contribution in [1.29, 1.82) is 0 Å². The van der Waals surface area contributed by atoms with E-state index in [1.807, 2.05) is 16.3 Å². The minimum absolute atomic E-state index is 0.222. The molecule has 1 aromatic rings. The highest BCUT2D eigenvalue weighted by molar-refractivity contribution is 7.10. The molecule has 0 aliphatic carbocycles. The third kappa shape index (κ3) is 3.70. The molecule has 2 rings (SSSR count). The van der Waals surface area contributed by atoms with E-state index in [1.54, 1.807) is 17.4 Å². The van der Waals surface area contributed by atoms with E-state index >= 15 is 0 Å². The van der Waals surface area contributed by atoms with Crippen molar-refractivity contribution in [3.63, 3.8) is 0 Å². The smallest absolute Gasteiger partial charge is 0.328 e. The number of amides is 1. The lowest BCUT2D eigenvalue weighted by Gasteiger charge is -2.17. The van der Waals surface area contributed by atoms with Gasteiger partial charge in [0, 0.05) is 23.9 Å². The van der Waals surface area contributed by atoms with Gasteiger partial charge in [-0.25, -0.2) is 4.79 Å². The van der Waals surface area contributed by atoms with E-state index in [2.05, 4.69) is 13.8 Å². The molecule has 1 aliphatic rings. The summed E-state index contributed by atoms with van der Waals surface area (Å²) in [5.74, 6) is 0.252. The Balaban J connectivity index is 1.97. The Labute approximate surface area is 122 Å². The van der Waals surface area contributed by atoms with Gasteiger partial charge in [0.2, 0.25) is 5.91 Å². The Hall–Kier alpha value is -1.62. The zero-order valence-electron chi connectivity index (χ0n) is 11.7. The quantitative estimate of drug-likeness (QED) is 0.849. The van der Waals surface area contributed by atoms with Crippen LogP contribution in [0.25, 0.3) is 6.08 Å². The monoisotopic (exact) mass is 293 g/mol. The molecule has 0 aromatic carbocycles. The molecule has 1 amide bonds. The summed E-state index contributed by atoms with van der Waals surface area (Å²) >= 11 is 1.56. The molecule has 0 spiro atoms. The van der Waals surface area contributed by atoms with Gasteiger partial charge in [0.05, 0.1) is 6.54 Å². The molecule has 1 fully saturated rings. The Morgan fingerprint density at radius 3 is 2.95 bits per heavy atom. The third-order valence-electron chi connectivity index (χ3n) is 3.63. The van der Waals surface area contributed by atoms with Gasteiger partial charge in [-0.1, -0.05) is 13.8 Å². The van der Waals surface area contributed by atoms with Crippen LogP contribution < -0.4 is 0 Å². The van der Waals surface area contributed by atoms with Gasteiger partial charge in [0.25, 0.3) is 0 Å². The van der Waals surface area contributed by atoms with Crippen LogP contribution in [0.1, 0.15) is 30.7 Å². The molecule has 4 nitrogen and oxygen atoms in total. The summed E-state index contributed by atoms with van der Waals surface area (Å²) in [5.41, 5.74) is 0.874. The summed E-state index contributed by atoms with van der Waals surface area (Å²) < 4.78 is 0. The molecule has 5 heteroatoms. The summed E-state index contributed by atoms with van der Waals surface area (Å²) in [4.78, 5) is 25.4. The van der Waals surface area contributed by atoms with Crippen LogP contribution in [0, 0.1) is 11.8 Å². The summed E-state index contributed by atoms with van der Waals surface area (Å²) in [6, 6.07) is 1.94. The molecule has 1 saturated heterocycles. The van der Waals surface area contributed by atoms with E-state index < -0.39 is 5.97 Å². The van der Waals surface area contributed by atoms with Crippen LogP contribution in [0.3, 0.4) is 0 Å². The maximum Gasteiger partial charge on any atom is 0.328 e. The van der Waals surface area contributed by atoms with Gasteiger partial charge in [0.15, 0.2) is 0 Å². The highest BCUT2D eigenvalue weighted by Crippen LogP contribution is 2.27. The number of hydrogen-bond acceptors (Lipinski definition) is 3. The van der Waals surface area contributed by atoms with Crippen LogP contribution in [0.5, 0.6) is 0 Å². The normalized spacial score (nSPS) is 19.4. The standard InChI is InChI=1S/C15H19NO3S/c1-10(2)12-6-14(17)16(7-12)8-13-5-11(9-20-13)3-4-15(18)19/h3-5,9-10,12H,6-8H2,1-2H3,(H,18,19)/b4-3+. The molecule has 20 heavy (non-hydrogen) atoms. The van der Waals surface area contributed by atoms with Crippen molar-refractivity contribution in [2.24, 2.45) is 11.8 Å². The second-order valence-electron chi connectivity index (χ2n) is 5.50. The SMILES string of the molecule is CC(C)C1CC(=O)N(Cc2cc(/C=C/C(=O)O)cs2)C1. The van der Waals surface area contributed by atoms with E-state index in [1.165, 1.54) is 0 Å². The maximum absolute atomic E-state index is 12.0. The lowest BCUT2D eigenvalue weighted by Crippen LogP contribution is -2.24. The fourth-order valence-corrected chi connectivity index (χ4v) is 3.19.